The number of nitrogens with one attached hydrogen (secondary N) is 3. The van der Waals surface area contributed by atoms with Crippen LogP contribution in [0.25, 0.3) is 11.0 Å². The molecule has 9 nitrogen and oxygen atoms in total. The van der Waals surface area contributed by atoms with Crippen LogP contribution in [0, 0.1) is 0 Å². The zero-order chi connectivity index (χ0) is 27.7. The summed E-state index contributed by atoms with van der Waals surface area (Å²) in [5.41, 5.74) is 1.36. The van der Waals surface area contributed by atoms with Crippen LogP contribution in [0.1, 0.15) is 16.1 Å². The number of rotatable bonds is 10. The van der Waals surface area contributed by atoms with Crippen molar-refractivity contribution in [3.05, 3.63) is 131 Å². The highest BCUT2D eigenvalue weighted by atomic mass is 16.5. The van der Waals surface area contributed by atoms with Crippen LogP contribution in [-0.4, -0.2) is 34.4 Å². The highest BCUT2D eigenvalue weighted by Gasteiger charge is 2.24. The smallest absolute Gasteiger partial charge is 0.280 e. The molecule has 5 aromatic rings. The summed E-state index contributed by atoms with van der Waals surface area (Å²) in [6, 6.07) is 31.4. The molecule has 1 heterocycles. The zero-order valence-electron chi connectivity index (χ0n) is 21.4. The highest BCUT2D eigenvalue weighted by Crippen LogP contribution is 2.22. The summed E-state index contributed by atoms with van der Waals surface area (Å²) < 4.78 is 11.6. The molecule has 0 saturated heterocycles. The van der Waals surface area contributed by atoms with Gasteiger partial charge in [0.05, 0.1) is 24.2 Å². The number of carbonyl (C=O) groups is 2. The molecule has 0 aliphatic carbocycles. The Morgan fingerprint density at radius 2 is 1.45 bits per heavy atom. The fraction of sp³-hybridized carbons (Fsp3) is 0.0968. The molecule has 9 heteroatoms. The van der Waals surface area contributed by atoms with Crippen molar-refractivity contribution in [2.75, 3.05) is 11.9 Å². The van der Waals surface area contributed by atoms with Gasteiger partial charge in [0.2, 0.25) is 5.91 Å². The molecule has 0 radical (unpaired) electrons. The highest BCUT2D eigenvalue weighted by molar-refractivity contribution is 6.01. The van der Waals surface area contributed by atoms with E-state index in [9.17, 15) is 14.4 Å². The molecule has 4 aromatic carbocycles. The molecule has 40 heavy (non-hydrogen) atoms. The first kappa shape index (κ1) is 26.3. The first-order chi connectivity index (χ1) is 19.5. The van der Waals surface area contributed by atoms with Crippen molar-refractivity contribution in [2.24, 2.45) is 0 Å². The summed E-state index contributed by atoms with van der Waals surface area (Å²) in [6.45, 7) is 0.105. The second kappa shape index (κ2) is 12.5. The first-order valence-electron chi connectivity index (χ1n) is 12.6. The third-order valence-electron chi connectivity index (χ3n) is 5.93. The van der Waals surface area contributed by atoms with E-state index < -0.39 is 23.4 Å². The normalized spacial score (nSPS) is 11.5. The fourth-order valence-electron chi connectivity index (χ4n) is 3.92. The minimum absolute atomic E-state index is 0.132. The van der Waals surface area contributed by atoms with Crippen LogP contribution in [0.3, 0.4) is 0 Å². The summed E-state index contributed by atoms with van der Waals surface area (Å²) in [7, 11) is 0. The lowest BCUT2D eigenvalue weighted by Gasteiger charge is -2.19. The van der Waals surface area contributed by atoms with E-state index in [4.69, 9.17) is 9.47 Å². The summed E-state index contributed by atoms with van der Waals surface area (Å²) in [4.78, 5) is 45.7. The van der Waals surface area contributed by atoms with Crippen molar-refractivity contribution in [3.8, 4) is 11.5 Å². The predicted octanol–water partition coefficient (Wildman–Crippen LogP) is 4.67. The van der Waals surface area contributed by atoms with E-state index in [1.54, 1.807) is 48.5 Å². The van der Waals surface area contributed by atoms with E-state index in [1.165, 1.54) is 0 Å². The summed E-state index contributed by atoms with van der Waals surface area (Å²) in [5.74, 6) is -0.0193. The van der Waals surface area contributed by atoms with Crippen LogP contribution in [0.4, 0.5) is 5.69 Å². The van der Waals surface area contributed by atoms with Gasteiger partial charge in [-0.3, -0.25) is 14.4 Å². The Hall–Kier alpha value is -5.28. The number of nitrogens with zero attached hydrogens (tertiary/aromatic N) is 1. The van der Waals surface area contributed by atoms with Crippen LogP contribution in [0.5, 0.6) is 11.5 Å². The molecule has 5 rings (SSSR count). The SMILES string of the molecule is O=C(NC(COCc1ccccc1)C(=O)Nc1ccc(Oc2ccccc2)cc1)c1nc2ccccc2[nH]c1=O. The van der Waals surface area contributed by atoms with Crippen molar-refractivity contribution in [1.82, 2.24) is 15.3 Å². The average Bonchev–Trinajstić information content (AvgIpc) is 2.98. The van der Waals surface area contributed by atoms with Crippen molar-refractivity contribution < 1.29 is 19.1 Å². The summed E-state index contributed by atoms with van der Waals surface area (Å²) in [5, 5.41) is 5.39. The number of fused-ring (bicyclic) bond motifs is 1. The van der Waals surface area contributed by atoms with Crippen molar-refractivity contribution >= 4 is 28.5 Å². The number of ether oxygens (including phenoxy) is 2. The molecule has 0 spiro atoms. The molecule has 0 saturated carbocycles. The van der Waals surface area contributed by atoms with Gasteiger partial charge in [-0.05, 0) is 54.1 Å². The zero-order valence-corrected chi connectivity index (χ0v) is 21.4. The monoisotopic (exact) mass is 534 g/mol. The van der Waals surface area contributed by atoms with Crippen LogP contribution in [0.15, 0.2) is 114 Å². The lowest BCUT2D eigenvalue weighted by molar-refractivity contribution is -0.119. The van der Waals surface area contributed by atoms with E-state index in [0.29, 0.717) is 28.2 Å². The lowest BCUT2D eigenvalue weighted by Crippen LogP contribution is -2.48. The molecule has 0 aliphatic heterocycles. The Morgan fingerprint density at radius 1 is 0.800 bits per heavy atom. The fourth-order valence-corrected chi connectivity index (χ4v) is 3.92. The topological polar surface area (TPSA) is 122 Å². The maximum absolute atomic E-state index is 13.3. The van der Waals surface area contributed by atoms with Crippen LogP contribution >= 0.6 is 0 Å². The van der Waals surface area contributed by atoms with E-state index in [1.807, 2.05) is 60.7 Å². The van der Waals surface area contributed by atoms with Gasteiger partial charge in [0.1, 0.15) is 17.5 Å². The maximum atomic E-state index is 13.3. The molecule has 0 bridgehead atoms. The number of aromatic amines is 1. The first-order valence-corrected chi connectivity index (χ1v) is 12.6. The van der Waals surface area contributed by atoms with Gasteiger partial charge in [-0.2, -0.15) is 0 Å². The number of hydrogen-bond acceptors (Lipinski definition) is 6. The number of carbonyl (C=O) groups excluding carboxylic acids is 2. The van der Waals surface area contributed by atoms with Crippen molar-refractivity contribution in [3.63, 3.8) is 0 Å². The Labute approximate surface area is 229 Å². The number of para-hydroxylation sites is 3. The van der Waals surface area contributed by atoms with E-state index in [0.717, 1.165) is 5.56 Å². The Balaban J connectivity index is 1.29. The number of anilines is 1. The molecular formula is C31H26N4O5. The molecule has 3 N–H and O–H groups in total. The second-order valence-corrected chi connectivity index (χ2v) is 8.89. The molecule has 1 unspecified atom stereocenters. The summed E-state index contributed by atoms with van der Waals surface area (Å²) >= 11 is 0. The predicted molar refractivity (Wildman–Crippen MR) is 151 cm³/mol. The molecule has 0 aliphatic rings. The van der Waals surface area contributed by atoms with E-state index in [-0.39, 0.29) is 18.9 Å². The van der Waals surface area contributed by atoms with Gasteiger partial charge in [-0.25, -0.2) is 4.98 Å². The lowest BCUT2D eigenvalue weighted by atomic mass is 10.2. The molecule has 2 amide bonds. The standard InChI is InChI=1S/C31H26N4O5/c36-29(32-22-15-17-24(18-16-22)40-23-11-5-2-6-12-23)27(20-39-19-21-9-3-1-4-10-21)35-31(38)28-30(37)34-26-14-8-7-13-25(26)33-28/h1-18,27H,19-20H2,(H,32,36)(H,34,37)(H,35,38). The number of benzene rings is 4. The minimum Gasteiger partial charge on any atom is -0.457 e. The van der Waals surface area contributed by atoms with Gasteiger partial charge >= 0.3 is 0 Å². The summed E-state index contributed by atoms with van der Waals surface area (Å²) in [6.07, 6.45) is 0. The third kappa shape index (κ3) is 6.77. The van der Waals surface area contributed by atoms with Gasteiger partial charge in [-0.1, -0.05) is 60.7 Å². The molecular weight excluding hydrogens is 508 g/mol. The maximum Gasteiger partial charge on any atom is 0.280 e. The van der Waals surface area contributed by atoms with Crippen LogP contribution < -0.4 is 20.9 Å². The Kier molecular flexibility index (Phi) is 8.24. The van der Waals surface area contributed by atoms with Gasteiger partial charge in [0.25, 0.3) is 11.5 Å². The molecule has 1 atom stereocenters. The largest absolute Gasteiger partial charge is 0.457 e. The average molecular weight is 535 g/mol. The quantitative estimate of drug-likeness (QED) is 0.239. The molecule has 0 fully saturated rings. The number of H-pyrrole nitrogens is 1. The second-order valence-electron chi connectivity index (χ2n) is 8.89. The number of amides is 2. The van der Waals surface area contributed by atoms with Crippen molar-refractivity contribution in [2.45, 2.75) is 12.6 Å². The third-order valence-corrected chi connectivity index (χ3v) is 5.93. The Bertz CT molecular complexity index is 1650. The van der Waals surface area contributed by atoms with Gasteiger partial charge in [0, 0.05) is 5.69 Å². The van der Waals surface area contributed by atoms with Crippen molar-refractivity contribution in [1.29, 1.82) is 0 Å². The van der Waals surface area contributed by atoms with Crippen LogP contribution in [0.2, 0.25) is 0 Å². The number of hydrogen-bond donors (Lipinski definition) is 3. The van der Waals surface area contributed by atoms with Crippen LogP contribution in [-0.2, 0) is 16.1 Å². The van der Waals surface area contributed by atoms with Gasteiger partial charge in [-0.15, -0.1) is 0 Å². The molecule has 200 valence electrons. The van der Waals surface area contributed by atoms with Gasteiger partial charge in [0.15, 0.2) is 5.69 Å². The van der Waals surface area contributed by atoms with E-state index in [2.05, 4.69) is 20.6 Å². The Morgan fingerprint density at radius 3 is 2.20 bits per heavy atom. The molecule has 1 aromatic heterocycles. The van der Waals surface area contributed by atoms with Gasteiger partial charge < -0.3 is 25.1 Å². The van der Waals surface area contributed by atoms with E-state index >= 15 is 0 Å². The number of aromatic nitrogens is 2. The minimum atomic E-state index is -1.11.